The molecule has 1 fully saturated rings. The summed E-state index contributed by atoms with van der Waals surface area (Å²) in [6.45, 7) is 16.2. The molecule has 7 heteroatoms. The summed E-state index contributed by atoms with van der Waals surface area (Å²) < 4.78 is 6.39. The maximum absolute atomic E-state index is 13.4. The molecular weight excluding hydrogens is 380 g/mol. The van der Waals surface area contributed by atoms with Gasteiger partial charge in [-0.1, -0.05) is 62.3 Å². The zero-order valence-electron chi connectivity index (χ0n) is 18.3. The number of rotatable bonds is 8. The van der Waals surface area contributed by atoms with Crippen molar-refractivity contribution in [2.24, 2.45) is 5.11 Å². The van der Waals surface area contributed by atoms with Gasteiger partial charge in [-0.25, -0.2) is 0 Å². The van der Waals surface area contributed by atoms with E-state index in [1.807, 2.05) is 35.2 Å². The quantitative estimate of drug-likeness (QED) is 0.181. The molecule has 6 nitrogen and oxygen atoms in total. The minimum absolute atomic E-state index is 0.0225. The van der Waals surface area contributed by atoms with Crippen molar-refractivity contribution in [3.63, 3.8) is 0 Å². The van der Waals surface area contributed by atoms with E-state index in [9.17, 15) is 4.79 Å². The van der Waals surface area contributed by atoms with E-state index in [1.165, 1.54) is 0 Å². The van der Waals surface area contributed by atoms with Gasteiger partial charge in [-0.3, -0.25) is 4.79 Å². The standard InChI is InChI=1S/C22H34N4O2Si/c1-7-19(17-12-9-8-10-13-17)20(24-25-23)21(27)26-15-11-14-18(26)16-28-29(5,6)22(2,3)4/h7-10,12-13,18-20H,1,11,14-16H2,2-6H3/t18-,19+,20+/m0/s1. The number of hydrogen-bond donors (Lipinski definition) is 0. The average molecular weight is 415 g/mol. The molecule has 1 heterocycles. The highest BCUT2D eigenvalue weighted by atomic mass is 28.4. The lowest BCUT2D eigenvalue weighted by Crippen LogP contribution is -2.48. The molecule has 0 saturated carbocycles. The SMILES string of the molecule is C=C[C@H](c1ccccc1)[C@@H](N=[N+]=[N-])C(=O)N1CCC[C@H]1CO[Si](C)(C)C(C)(C)C. The molecule has 1 saturated heterocycles. The number of amides is 1. The Balaban J connectivity index is 2.20. The summed E-state index contributed by atoms with van der Waals surface area (Å²) in [5, 5.41) is 4.01. The summed E-state index contributed by atoms with van der Waals surface area (Å²) in [6.07, 6.45) is 3.54. The fourth-order valence-electron chi connectivity index (χ4n) is 3.44. The second-order valence-corrected chi connectivity index (χ2v) is 14.0. The number of azide groups is 1. The fourth-order valence-corrected chi connectivity index (χ4v) is 4.49. The first kappa shape index (κ1) is 23.2. The molecule has 0 radical (unpaired) electrons. The van der Waals surface area contributed by atoms with Crippen molar-refractivity contribution in [3.05, 3.63) is 59.0 Å². The zero-order valence-corrected chi connectivity index (χ0v) is 19.3. The number of nitrogens with zero attached hydrogens (tertiary/aromatic N) is 4. The van der Waals surface area contributed by atoms with Crippen LogP contribution in [-0.4, -0.2) is 44.4 Å². The van der Waals surface area contributed by atoms with Gasteiger partial charge in [-0.05, 0) is 42.1 Å². The molecule has 1 aromatic rings. The fraction of sp³-hybridized carbons (Fsp3) is 0.591. The van der Waals surface area contributed by atoms with Crippen molar-refractivity contribution < 1.29 is 9.22 Å². The lowest BCUT2D eigenvalue weighted by atomic mass is 9.91. The van der Waals surface area contributed by atoms with Gasteiger partial charge in [0.2, 0.25) is 5.91 Å². The molecule has 29 heavy (non-hydrogen) atoms. The van der Waals surface area contributed by atoms with Gasteiger partial charge in [0.05, 0.1) is 12.6 Å². The molecule has 0 aromatic heterocycles. The monoisotopic (exact) mass is 414 g/mol. The molecular formula is C22H34N4O2Si. The van der Waals surface area contributed by atoms with Gasteiger partial charge in [0.15, 0.2) is 8.32 Å². The van der Waals surface area contributed by atoms with Gasteiger partial charge >= 0.3 is 0 Å². The van der Waals surface area contributed by atoms with Crippen molar-refractivity contribution in [2.45, 2.75) is 69.7 Å². The summed E-state index contributed by atoms with van der Waals surface area (Å²) in [4.78, 5) is 18.2. The van der Waals surface area contributed by atoms with Gasteiger partial charge in [-0.15, -0.1) is 6.58 Å². The van der Waals surface area contributed by atoms with Crippen LogP contribution < -0.4 is 0 Å². The lowest BCUT2D eigenvalue weighted by Gasteiger charge is -2.38. The first-order valence-corrected chi connectivity index (χ1v) is 13.2. The highest BCUT2D eigenvalue weighted by molar-refractivity contribution is 6.74. The van der Waals surface area contributed by atoms with Gasteiger partial charge in [-0.2, -0.15) is 0 Å². The molecule has 3 atom stereocenters. The van der Waals surface area contributed by atoms with Crippen LogP contribution in [-0.2, 0) is 9.22 Å². The predicted molar refractivity (Wildman–Crippen MR) is 120 cm³/mol. The van der Waals surface area contributed by atoms with E-state index in [0.717, 1.165) is 18.4 Å². The Morgan fingerprint density at radius 1 is 1.41 bits per heavy atom. The van der Waals surface area contributed by atoms with Crippen molar-refractivity contribution >= 4 is 14.2 Å². The second-order valence-electron chi connectivity index (χ2n) is 9.22. The van der Waals surface area contributed by atoms with Crippen molar-refractivity contribution in [3.8, 4) is 0 Å². The summed E-state index contributed by atoms with van der Waals surface area (Å²) >= 11 is 0. The van der Waals surface area contributed by atoms with Gasteiger partial charge in [0.25, 0.3) is 0 Å². The third-order valence-corrected chi connectivity index (χ3v) is 10.8. The number of hydrogen-bond acceptors (Lipinski definition) is 3. The Morgan fingerprint density at radius 2 is 2.07 bits per heavy atom. The van der Waals surface area contributed by atoms with Crippen LogP contribution in [0.2, 0.25) is 18.1 Å². The summed E-state index contributed by atoms with van der Waals surface area (Å²) in [6, 6.07) is 8.79. The van der Waals surface area contributed by atoms with E-state index >= 15 is 0 Å². The van der Waals surface area contributed by atoms with Crippen LogP contribution in [0.1, 0.15) is 45.1 Å². The van der Waals surface area contributed by atoms with E-state index in [4.69, 9.17) is 9.96 Å². The Hall–Kier alpha value is -2.08. The summed E-state index contributed by atoms with van der Waals surface area (Å²) in [5.41, 5.74) is 10.0. The highest BCUT2D eigenvalue weighted by Gasteiger charge is 2.40. The lowest BCUT2D eigenvalue weighted by molar-refractivity contribution is -0.134. The molecule has 0 unspecified atom stereocenters. The average Bonchev–Trinajstić information content (AvgIpc) is 3.14. The van der Waals surface area contributed by atoms with Crippen molar-refractivity contribution in [1.29, 1.82) is 0 Å². The molecule has 1 aromatic carbocycles. The molecule has 0 N–H and O–H groups in total. The topological polar surface area (TPSA) is 78.3 Å². The molecule has 1 aliphatic rings. The number of carbonyl (C=O) groups is 1. The zero-order chi connectivity index (χ0) is 21.7. The molecule has 2 rings (SSSR count). The van der Waals surface area contributed by atoms with Crippen LogP contribution in [0, 0.1) is 0 Å². The van der Waals surface area contributed by atoms with Crippen LogP contribution in [0.15, 0.2) is 48.1 Å². The third kappa shape index (κ3) is 5.50. The Bertz CT molecular complexity index is 754. The molecule has 1 amide bonds. The van der Waals surface area contributed by atoms with Crippen LogP contribution in [0.5, 0.6) is 0 Å². The van der Waals surface area contributed by atoms with Gasteiger partial charge in [0, 0.05) is 17.4 Å². The van der Waals surface area contributed by atoms with Crippen LogP contribution in [0.3, 0.4) is 0 Å². The van der Waals surface area contributed by atoms with Crippen molar-refractivity contribution in [2.75, 3.05) is 13.2 Å². The van der Waals surface area contributed by atoms with Gasteiger partial charge < -0.3 is 9.33 Å². The largest absolute Gasteiger partial charge is 0.415 e. The predicted octanol–water partition coefficient (Wildman–Crippen LogP) is 5.65. The molecule has 1 aliphatic heterocycles. The van der Waals surface area contributed by atoms with Crippen LogP contribution >= 0.6 is 0 Å². The molecule has 0 spiro atoms. The Kier molecular flexibility index (Phi) is 7.69. The first-order chi connectivity index (χ1) is 13.6. The molecule has 158 valence electrons. The Morgan fingerprint density at radius 3 is 2.62 bits per heavy atom. The number of likely N-dealkylation sites (tertiary alicyclic amines) is 1. The third-order valence-electron chi connectivity index (χ3n) is 6.31. The maximum atomic E-state index is 13.4. The van der Waals surface area contributed by atoms with E-state index in [-0.39, 0.29) is 22.9 Å². The normalized spacial score (nSPS) is 19.3. The van der Waals surface area contributed by atoms with E-state index in [0.29, 0.717) is 13.2 Å². The second kappa shape index (κ2) is 9.61. The smallest absolute Gasteiger partial charge is 0.232 e. The molecule has 0 aliphatic carbocycles. The highest BCUT2D eigenvalue weighted by Crippen LogP contribution is 2.37. The molecule has 0 bridgehead atoms. The number of benzene rings is 1. The number of carbonyl (C=O) groups excluding carboxylic acids is 1. The maximum Gasteiger partial charge on any atom is 0.232 e. The van der Waals surface area contributed by atoms with Crippen molar-refractivity contribution in [1.82, 2.24) is 4.90 Å². The minimum Gasteiger partial charge on any atom is -0.415 e. The first-order valence-electron chi connectivity index (χ1n) is 10.3. The van der Waals surface area contributed by atoms with Crippen LogP contribution in [0.25, 0.3) is 10.4 Å². The van der Waals surface area contributed by atoms with E-state index < -0.39 is 14.4 Å². The van der Waals surface area contributed by atoms with E-state index in [1.54, 1.807) is 6.08 Å². The Labute approximate surface area is 175 Å². The van der Waals surface area contributed by atoms with Crippen LogP contribution in [0.4, 0.5) is 0 Å². The van der Waals surface area contributed by atoms with E-state index in [2.05, 4.69) is 50.5 Å². The summed E-state index contributed by atoms with van der Waals surface area (Å²) in [7, 11) is -1.90. The summed E-state index contributed by atoms with van der Waals surface area (Å²) in [5.74, 6) is -0.500. The minimum atomic E-state index is -1.90. The van der Waals surface area contributed by atoms with Gasteiger partial charge in [0.1, 0.15) is 6.04 Å².